The SMILES string of the molecule is C[n+]1cccc(-c2cccc3cccc(-c4ccc[n+](C)c4)c23)c1.Cc1ccc(S(=O)(=O)[O-])cc1.Cc1ccc(S(=O)(=O)[O-])cc1. The summed E-state index contributed by atoms with van der Waals surface area (Å²) in [4.78, 5) is -0.355. The standard InChI is InChI=1S/C22H20N2.2C7H8O3S/c1-23-13-5-9-18(15-23)20-11-3-7-17-8-4-12-21(22(17)20)19-10-6-14-24(2)16-19;2*1-6-2-4-7(5-3-6)11(8,9)10/h3-16H,1-2H3;2*2-5H,1H3,(H,8,9,10)/q+2;;/p-2. The van der Waals surface area contributed by atoms with E-state index < -0.39 is 20.2 Å². The minimum Gasteiger partial charge on any atom is -0.744 e. The molecule has 46 heavy (non-hydrogen) atoms. The topological polar surface area (TPSA) is 122 Å². The third-order valence-electron chi connectivity index (χ3n) is 7.03. The maximum atomic E-state index is 10.4. The van der Waals surface area contributed by atoms with Gasteiger partial charge in [-0.15, -0.1) is 0 Å². The van der Waals surface area contributed by atoms with Gasteiger partial charge in [0, 0.05) is 23.3 Å². The number of nitrogens with zero attached hydrogens (tertiary/aromatic N) is 2. The van der Waals surface area contributed by atoms with Crippen molar-refractivity contribution < 1.29 is 35.1 Å². The quantitative estimate of drug-likeness (QED) is 0.180. The Hall–Kier alpha value is -4.74. The molecule has 2 aromatic heterocycles. The second-order valence-corrected chi connectivity index (χ2v) is 13.5. The minimum atomic E-state index is -4.27. The maximum Gasteiger partial charge on any atom is 0.176 e. The molecule has 0 spiro atoms. The molecule has 0 amide bonds. The van der Waals surface area contributed by atoms with Crippen molar-refractivity contribution in [1.82, 2.24) is 0 Å². The van der Waals surface area contributed by atoms with E-state index in [1.165, 1.54) is 57.3 Å². The highest BCUT2D eigenvalue weighted by atomic mass is 32.2. The van der Waals surface area contributed by atoms with Gasteiger partial charge in [-0.3, -0.25) is 0 Å². The second-order valence-electron chi connectivity index (χ2n) is 10.8. The highest BCUT2D eigenvalue weighted by Gasteiger charge is 2.13. The Morgan fingerprint density at radius 2 is 0.870 bits per heavy atom. The highest BCUT2D eigenvalue weighted by molar-refractivity contribution is 7.86. The van der Waals surface area contributed by atoms with Crippen LogP contribution in [0.2, 0.25) is 0 Å². The van der Waals surface area contributed by atoms with Crippen molar-refractivity contribution in [1.29, 1.82) is 0 Å². The Balaban J connectivity index is 0.000000182. The molecule has 6 aromatic rings. The van der Waals surface area contributed by atoms with E-state index >= 15 is 0 Å². The van der Waals surface area contributed by atoms with Crippen LogP contribution in [0.4, 0.5) is 0 Å². The summed E-state index contributed by atoms with van der Waals surface area (Å²) in [5, 5.41) is 2.57. The van der Waals surface area contributed by atoms with E-state index in [2.05, 4.69) is 109 Å². The van der Waals surface area contributed by atoms with E-state index in [1.807, 2.05) is 13.8 Å². The van der Waals surface area contributed by atoms with Gasteiger partial charge in [-0.05, 0) is 72.1 Å². The van der Waals surface area contributed by atoms with Crippen LogP contribution in [0, 0.1) is 13.8 Å². The Morgan fingerprint density at radius 1 is 0.500 bits per heavy atom. The second kappa shape index (κ2) is 14.6. The van der Waals surface area contributed by atoms with Gasteiger partial charge in [-0.25, -0.2) is 26.0 Å². The van der Waals surface area contributed by atoms with Gasteiger partial charge in [0.25, 0.3) is 0 Å². The monoisotopic (exact) mass is 654 g/mol. The fourth-order valence-electron chi connectivity index (χ4n) is 4.73. The molecule has 0 saturated heterocycles. The molecule has 2 heterocycles. The molecule has 8 nitrogen and oxygen atoms in total. The summed E-state index contributed by atoms with van der Waals surface area (Å²) in [6, 6.07) is 33.2. The molecule has 10 heteroatoms. The molecule has 0 aliphatic carbocycles. The zero-order valence-electron chi connectivity index (χ0n) is 25.9. The molecule has 4 aromatic carbocycles. The van der Waals surface area contributed by atoms with Crippen LogP contribution in [-0.2, 0) is 34.3 Å². The van der Waals surface area contributed by atoms with Crippen LogP contribution >= 0.6 is 0 Å². The summed E-state index contributed by atoms with van der Waals surface area (Å²) in [6.07, 6.45) is 8.48. The van der Waals surface area contributed by atoms with Crippen LogP contribution in [0.15, 0.2) is 144 Å². The Morgan fingerprint density at radius 3 is 1.20 bits per heavy atom. The summed E-state index contributed by atoms with van der Waals surface area (Å²) in [5.41, 5.74) is 6.86. The van der Waals surface area contributed by atoms with Crippen molar-refractivity contribution in [2.45, 2.75) is 23.6 Å². The van der Waals surface area contributed by atoms with Crippen LogP contribution in [0.5, 0.6) is 0 Å². The summed E-state index contributed by atoms with van der Waals surface area (Å²) in [7, 11) is -4.41. The Labute approximate surface area is 270 Å². The lowest BCUT2D eigenvalue weighted by atomic mass is 9.92. The first-order valence-corrected chi connectivity index (χ1v) is 17.0. The molecular formula is C36H34N2O6S2. The van der Waals surface area contributed by atoms with Crippen LogP contribution in [0.3, 0.4) is 0 Å². The van der Waals surface area contributed by atoms with Crippen molar-refractivity contribution in [3.63, 3.8) is 0 Å². The van der Waals surface area contributed by atoms with E-state index in [4.69, 9.17) is 0 Å². The zero-order chi connectivity index (χ0) is 33.5. The first-order valence-electron chi connectivity index (χ1n) is 14.2. The summed E-state index contributed by atoms with van der Waals surface area (Å²) < 4.78 is 66.5. The highest BCUT2D eigenvalue weighted by Crippen LogP contribution is 2.35. The van der Waals surface area contributed by atoms with Gasteiger partial charge in [-0.1, -0.05) is 71.8 Å². The van der Waals surface area contributed by atoms with Gasteiger partial charge in [0.15, 0.2) is 24.8 Å². The van der Waals surface area contributed by atoms with Gasteiger partial charge < -0.3 is 9.11 Å². The molecule has 0 saturated carbocycles. The molecule has 0 fully saturated rings. The lowest BCUT2D eigenvalue weighted by Gasteiger charge is -2.11. The molecule has 0 bridgehead atoms. The predicted molar refractivity (Wildman–Crippen MR) is 175 cm³/mol. The van der Waals surface area contributed by atoms with E-state index in [0.717, 1.165) is 11.1 Å². The Bertz CT molecular complexity index is 2030. The summed E-state index contributed by atoms with van der Waals surface area (Å²) in [5.74, 6) is 0. The van der Waals surface area contributed by atoms with Gasteiger partial charge in [0.1, 0.15) is 34.3 Å². The smallest absolute Gasteiger partial charge is 0.176 e. The largest absolute Gasteiger partial charge is 0.744 e. The van der Waals surface area contributed by atoms with Crippen molar-refractivity contribution in [3.05, 3.63) is 145 Å². The number of fused-ring (bicyclic) bond motifs is 1. The lowest BCUT2D eigenvalue weighted by Crippen LogP contribution is -2.26. The first-order chi connectivity index (χ1) is 21.7. The number of hydrogen-bond acceptors (Lipinski definition) is 6. The maximum absolute atomic E-state index is 10.4. The molecule has 0 unspecified atom stereocenters. The predicted octanol–water partition coefficient (Wildman–Crippen LogP) is 5.62. The molecule has 0 aliphatic rings. The molecule has 0 N–H and O–H groups in total. The molecule has 0 atom stereocenters. The number of hydrogen-bond donors (Lipinski definition) is 0. The fraction of sp³-hybridized carbons (Fsp3) is 0.111. The fourth-order valence-corrected chi connectivity index (χ4v) is 5.67. The van der Waals surface area contributed by atoms with Gasteiger partial charge in [-0.2, -0.15) is 0 Å². The number of benzene rings is 4. The zero-order valence-corrected chi connectivity index (χ0v) is 27.5. The van der Waals surface area contributed by atoms with E-state index in [-0.39, 0.29) is 9.79 Å². The molecular weight excluding hydrogens is 621 g/mol. The van der Waals surface area contributed by atoms with E-state index in [1.54, 1.807) is 24.3 Å². The van der Waals surface area contributed by atoms with Crippen molar-refractivity contribution >= 4 is 31.0 Å². The Kier molecular flexibility index (Phi) is 10.8. The van der Waals surface area contributed by atoms with Crippen LogP contribution in [-0.4, -0.2) is 25.9 Å². The third-order valence-corrected chi connectivity index (χ3v) is 8.72. The van der Waals surface area contributed by atoms with Gasteiger partial charge in [0.05, 0.1) is 9.79 Å². The van der Waals surface area contributed by atoms with Crippen molar-refractivity contribution in [2.24, 2.45) is 14.1 Å². The summed E-state index contributed by atoms with van der Waals surface area (Å²) in [6.45, 7) is 3.64. The number of pyridine rings is 2. The number of aryl methyl sites for hydroxylation is 4. The van der Waals surface area contributed by atoms with Crippen LogP contribution in [0.25, 0.3) is 33.0 Å². The summed E-state index contributed by atoms with van der Waals surface area (Å²) >= 11 is 0. The van der Waals surface area contributed by atoms with Crippen LogP contribution in [0.1, 0.15) is 11.1 Å². The average Bonchev–Trinajstić information content (AvgIpc) is 3.01. The lowest BCUT2D eigenvalue weighted by molar-refractivity contribution is -0.671. The average molecular weight is 655 g/mol. The van der Waals surface area contributed by atoms with Gasteiger partial charge in [0.2, 0.25) is 0 Å². The number of aromatic nitrogens is 2. The van der Waals surface area contributed by atoms with E-state index in [0.29, 0.717) is 0 Å². The van der Waals surface area contributed by atoms with Crippen molar-refractivity contribution in [3.8, 4) is 22.3 Å². The van der Waals surface area contributed by atoms with Gasteiger partial charge >= 0.3 is 0 Å². The minimum absolute atomic E-state index is 0.178. The van der Waals surface area contributed by atoms with E-state index in [9.17, 15) is 25.9 Å². The molecule has 6 rings (SSSR count). The third kappa shape index (κ3) is 9.15. The number of rotatable bonds is 4. The molecule has 0 aliphatic heterocycles. The molecule has 236 valence electrons. The first kappa shape index (κ1) is 34.1. The van der Waals surface area contributed by atoms with Crippen LogP contribution < -0.4 is 9.13 Å². The normalized spacial score (nSPS) is 11.2. The molecule has 0 radical (unpaired) electrons. The van der Waals surface area contributed by atoms with Crippen molar-refractivity contribution in [2.75, 3.05) is 0 Å².